The van der Waals surface area contributed by atoms with Crippen LogP contribution in [-0.2, 0) is 20.6 Å². The average Bonchev–Trinajstić information content (AvgIpc) is 2.87. The Kier molecular flexibility index (Phi) is 10.0. The Morgan fingerprint density at radius 2 is 1.66 bits per heavy atom. The van der Waals surface area contributed by atoms with Crippen molar-refractivity contribution in [3.05, 3.63) is 90.0 Å². The summed E-state index contributed by atoms with van der Waals surface area (Å²) in [7, 11) is -3.98. The van der Waals surface area contributed by atoms with Gasteiger partial charge in [-0.3, -0.25) is 9.10 Å². The van der Waals surface area contributed by atoms with Crippen LogP contribution in [0.15, 0.2) is 83.8 Å². The molecule has 0 saturated carbocycles. The summed E-state index contributed by atoms with van der Waals surface area (Å²) in [4.78, 5) is 12.9. The van der Waals surface area contributed by atoms with E-state index < -0.39 is 10.0 Å². The first-order valence-corrected chi connectivity index (χ1v) is 14.2. The zero-order valence-electron chi connectivity index (χ0n) is 20.1. The van der Waals surface area contributed by atoms with Crippen molar-refractivity contribution < 1.29 is 17.9 Å². The predicted octanol–water partition coefficient (Wildman–Crippen LogP) is 5.03. The van der Waals surface area contributed by atoms with Crippen LogP contribution < -0.4 is 14.4 Å². The van der Waals surface area contributed by atoms with Crippen molar-refractivity contribution >= 4 is 33.4 Å². The highest BCUT2D eigenvalue weighted by atomic mass is 32.2. The van der Waals surface area contributed by atoms with E-state index in [1.807, 2.05) is 30.8 Å². The van der Waals surface area contributed by atoms with Gasteiger partial charge < -0.3 is 10.1 Å². The molecule has 3 rings (SSSR count). The molecule has 0 fully saturated rings. The molecule has 6 nitrogen and oxygen atoms in total. The van der Waals surface area contributed by atoms with Crippen LogP contribution in [0.25, 0.3) is 0 Å². The lowest BCUT2D eigenvalue weighted by Crippen LogP contribution is -2.41. The fourth-order valence-corrected chi connectivity index (χ4v) is 5.99. The minimum atomic E-state index is -3.98. The van der Waals surface area contributed by atoms with E-state index in [0.717, 1.165) is 22.2 Å². The van der Waals surface area contributed by atoms with Gasteiger partial charge in [-0.2, -0.15) is 11.8 Å². The molecule has 0 atom stereocenters. The maximum absolute atomic E-state index is 13.5. The summed E-state index contributed by atoms with van der Waals surface area (Å²) in [5.74, 6) is 1.88. The number of para-hydroxylation sites is 2. The van der Waals surface area contributed by atoms with Gasteiger partial charge in [0.05, 0.1) is 17.2 Å². The number of hydrogen-bond acceptors (Lipinski definition) is 5. The van der Waals surface area contributed by atoms with Gasteiger partial charge in [0.25, 0.3) is 10.0 Å². The zero-order chi connectivity index (χ0) is 25.1. The number of carbonyl (C=O) groups excluding carboxylic acids is 1. The van der Waals surface area contributed by atoms with E-state index in [-0.39, 0.29) is 17.3 Å². The van der Waals surface area contributed by atoms with Crippen LogP contribution in [0.1, 0.15) is 24.5 Å². The number of rotatable bonds is 13. The van der Waals surface area contributed by atoms with Crippen LogP contribution in [0.3, 0.4) is 0 Å². The highest BCUT2D eigenvalue weighted by Gasteiger charge is 2.29. The molecule has 0 heterocycles. The van der Waals surface area contributed by atoms with Crippen molar-refractivity contribution in [3.63, 3.8) is 0 Å². The first kappa shape index (κ1) is 26.6. The molecule has 35 heavy (non-hydrogen) atoms. The van der Waals surface area contributed by atoms with Crippen LogP contribution in [0.5, 0.6) is 5.75 Å². The van der Waals surface area contributed by atoms with E-state index in [4.69, 9.17) is 4.74 Å². The van der Waals surface area contributed by atoms with Crippen LogP contribution in [-0.4, -0.2) is 39.8 Å². The van der Waals surface area contributed by atoms with Gasteiger partial charge in [0, 0.05) is 12.3 Å². The molecule has 0 aromatic heterocycles. The summed E-state index contributed by atoms with van der Waals surface area (Å²) >= 11 is 1.82. The molecule has 8 heteroatoms. The second-order valence-electron chi connectivity index (χ2n) is 7.91. The second-order valence-corrected chi connectivity index (χ2v) is 10.9. The topological polar surface area (TPSA) is 75.7 Å². The number of benzene rings is 3. The largest absolute Gasteiger partial charge is 0.492 e. The summed E-state index contributed by atoms with van der Waals surface area (Å²) in [6.45, 7) is 4.46. The van der Waals surface area contributed by atoms with Crippen molar-refractivity contribution in [2.24, 2.45) is 0 Å². The fourth-order valence-electron chi connectivity index (χ4n) is 3.50. The highest BCUT2D eigenvalue weighted by molar-refractivity contribution is 7.98. The Hall–Kier alpha value is -2.97. The van der Waals surface area contributed by atoms with E-state index >= 15 is 0 Å². The van der Waals surface area contributed by atoms with Gasteiger partial charge in [-0.05, 0) is 61.4 Å². The first-order valence-electron chi connectivity index (χ1n) is 11.6. The van der Waals surface area contributed by atoms with Gasteiger partial charge >= 0.3 is 0 Å². The third-order valence-corrected chi connectivity index (χ3v) is 8.23. The summed E-state index contributed by atoms with van der Waals surface area (Å²) in [6.07, 6.45) is 0.795. The van der Waals surface area contributed by atoms with Gasteiger partial charge in [-0.1, -0.05) is 54.6 Å². The summed E-state index contributed by atoms with van der Waals surface area (Å²) < 4.78 is 33.8. The lowest BCUT2D eigenvalue weighted by atomic mass is 10.1. The first-order chi connectivity index (χ1) is 16.9. The monoisotopic (exact) mass is 512 g/mol. The molecule has 3 aromatic rings. The van der Waals surface area contributed by atoms with Crippen molar-refractivity contribution in [1.82, 2.24) is 5.32 Å². The molecule has 0 saturated heterocycles. The second kappa shape index (κ2) is 13.2. The minimum absolute atomic E-state index is 0.117. The number of carbonyl (C=O) groups is 1. The third-order valence-electron chi connectivity index (χ3n) is 5.36. The molecule has 0 aliphatic carbocycles. The fraction of sp³-hybridized carbons (Fsp3) is 0.296. The number of hydrogen-bond donors (Lipinski definition) is 1. The molecule has 1 N–H and O–H groups in total. The standard InChI is InChI=1S/C27H32N2O4S2/c1-3-33-26-17-10-9-16-25(26)29(35(31,32)24-14-5-4-6-15-24)20-27(30)28-18-11-19-34-21-23-13-8-7-12-22(23)2/h4-10,12-17H,3,11,18-21H2,1-2H3,(H,28,30). The van der Waals surface area contributed by atoms with E-state index in [2.05, 4.69) is 24.4 Å². The molecular formula is C27H32N2O4S2. The van der Waals surface area contributed by atoms with Crippen molar-refractivity contribution in [1.29, 1.82) is 0 Å². The number of amides is 1. The quantitative estimate of drug-likeness (QED) is 0.325. The Bertz CT molecular complexity index is 1200. The Morgan fingerprint density at radius 3 is 2.40 bits per heavy atom. The number of anilines is 1. The number of thioether (sulfide) groups is 1. The van der Waals surface area contributed by atoms with Crippen molar-refractivity contribution in [3.8, 4) is 5.75 Å². The predicted molar refractivity (Wildman–Crippen MR) is 144 cm³/mol. The SMILES string of the molecule is CCOc1ccccc1N(CC(=O)NCCCSCc1ccccc1C)S(=O)(=O)c1ccccc1. The van der Waals surface area contributed by atoms with E-state index in [1.165, 1.54) is 23.3 Å². The smallest absolute Gasteiger partial charge is 0.264 e. The summed E-state index contributed by atoms with van der Waals surface area (Å²) in [5.41, 5.74) is 2.93. The molecule has 1 amide bonds. The highest BCUT2D eigenvalue weighted by Crippen LogP contribution is 2.32. The van der Waals surface area contributed by atoms with E-state index in [0.29, 0.717) is 24.6 Å². The number of nitrogens with zero attached hydrogens (tertiary/aromatic N) is 1. The molecule has 0 aliphatic heterocycles. The molecule has 0 aliphatic rings. The number of nitrogens with one attached hydrogen (secondary N) is 1. The van der Waals surface area contributed by atoms with E-state index in [1.54, 1.807) is 42.5 Å². The van der Waals surface area contributed by atoms with Gasteiger partial charge in [0.1, 0.15) is 12.3 Å². The van der Waals surface area contributed by atoms with Gasteiger partial charge in [0.2, 0.25) is 5.91 Å². The molecule has 186 valence electrons. The Balaban J connectivity index is 1.63. The van der Waals surface area contributed by atoms with Gasteiger partial charge in [-0.25, -0.2) is 8.42 Å². The van der Waals surface area contributed by atoms with Gasteiger partial charge in [-0.15, -0.1) is 0 Å². The third kappa shape index (κ3) is 7.50. The average molecular weight is 513 g/mol. The molecule has 3 aromatic carbocycles. The zero-order valence-corrected chi connectivity index (χ0v) is 21.8. The lowest BCUT2D eigenvalue weighted by molar-refractivity contribution is -0.119. The van der Waals surface area contributed by atoms with Crippen molar-refractivity contribution in [2.45, 2.75) is 30.9 Å². The maximum atomic E-state index is 13.5. The summed E-state index contributed by atoms with van der Waals surface area (Å²) in [5, 5.41) is 2.87. The normalized spacial score (nSPS) is 11.1. The van der Waals surface area contributed by atoms with Crippen LogP contribution in [0.2, 0.25) is 0 Å². The van der Waals surface area contributed by atoms with Crippen molar-refractivity contribution in [2.75, 3.05) is 29.8 Å². The van der Waals surface area contributed by atoms with Crippen LogP contribution in [0.4, 0.5) is 5.69 Å². The number of ether oxygens (including phenoxy) is 1. The number of aryl methyl sites for hydroxylation is 1. The Labute approximate surface area is 212 Å². The molecular weight excluding hydrogens is 480 g/mol. The summed E-state index contributed by atoms with van der Waals surface area (Å²) in [6, 6.07) is 23.3. The molecule has 0 unspecified atom stereocenters. The van der Waals surface area contributed by atoms with Crippen LogP contribution >= 0.6 is 11.8 Å². The molecule has 0 radical (unpaired) electrons. The molecule has 0 spiro atoms. The van der Waals surface area contributed by atoms with Gasteiger partial charge in [0.15, 0.2) is 0 Å². The maximum Gasteiger partial charge on any atom is 0.264 e. The molecule has 0 bridgehead atoms. The van der Waals surface area contributed by atoms with E-state index in [9.17, 15) is 13.2 Å². The minimum Gasteiger partial charge on any atom is -0.492 e. The lowest BCUT2D eigenvalue weighted by Gasteiger charge is -2.26. The van der Waals surface area contributed by atoms with Crippen LogP contribution in [0, 0.1) is 6.92 Å². The Morgan fingerprint density at radius 1 is 0.971 bits per heavy atom. The number of sulfonamides is 1.